The lowest BCUT2D eigenvalue weighted by Gasteiger charge is -2.21. The van der Waals surface area contributed by atoms with E-state index in [1.54, 1.807) is 0 Å². The summed E-state index contributed by atoms with van der Waals surface area (Å²) in [5.74, 6) is 0. The minimum atomic E-state index is -0.514. The van der Waals surface area contributed by atoms with E-state index in [1.807, 2.05) is 58.0 Å². The van der Waals surface area contributed by atoms with Crippen molar-refractivity contribution in [3.63, 3.8) is 0 Å². The number of aromatic nitrogens is 2. The number of ether oxygens (including phenoxy) is 1. The molecule has 1 aromatic carbocycles. The molecule has 0 radical (unpaired) electrons. The highest BCUT2D eigenvalue weighted by Gasteiger charge is 2.20. The molecular formula is C15H19N3O2S. The molecule has 112 valence electrons. The molecule has 1 amide bonds. The van der Waals surface area contributed by atoms with Crippen molar-refractivity contribution in [2.24, 2.45) is 0 Å². The van der Waals surface area contributed by atoms with E-state index < -0.39 is 11.7 Å². The zero-order valence-corrected chi connectivity index (χ0v) is 13.4. The third kappa shape index (κ3) is 4.53. The van der Waals surface area contributed by atoms with Crippen LogP contribution in [0.25, 0.3) is 10.6 Å². The lowest BCUT2D eigenvalue weighted by molar-refractivity contribution is 0.0508. The second kappa shape index (κ2) is 6.22. The fourth-order valence-electron chi connectivity index (χ4n) is 1.65. The van der Waals surface area contributed by atoms with E-state index in [0.29, 0.717) is 0 Å². The van der Waals surface area contributed by atoms with Gasteiger partial charge in [0.2, 0.25) is 0 Å². The summed E-state index contributed by atoms with van der Waals surface area (Å²) in [7, 11) is 0. The van der Waals surface area contributed by atoms with E-state index in [1.165, 1.54) is 11.3 Å². The quantitative estimate of drug-likeness (QED) is 0.937. The summed E-state index contributed by atoms with van der Waals surface area (Å²) in [6, 6.07) is 9.59. The standard InChI is InChI=1S/C15H19N3O2S/c1-10(16-14(19)20-15(2,3)4)12-17-18-13(21-12)11-8-6-5-7-9-11/h5-10H,1-4H3,(H,16,19). The van der Waals surface area contributed by atoms with Gasteiger partial charge in [-0.15, -0.1) is 10.2 Å². The van der Waals surface area contributed by atoms with E-state index in [9.17, 15) is 4.79 Å². The molecule has 1 aromatic heterocycles. The van der Waals surface area contributed by atoms with Crippen molar-refractivity contribution >= 4 is 17.4 Å². The topological polar surface area (TPSA) is 64.1 Å². The van der Waals surface area contributed by atoms with Gasteiger partial charge in [-0.25, -0.2) is 4.79 Å². The molecule has 0 fully saturated rings. The Labute approximate surface area is 128 Å². The summed E-state index contributed by atoms with van der Waals surface area (Å²) >= 11 is 1.46. The van der Waals surface area contributed by atoms with Crippen LogP contribution in [0.3, 0.4) is 0 Å². The second-order valence-corrected chi connectivity index (χ2v) is 6.69. The highest BCUT2D eigenvalue weighted by Crippen LogP contribution is 2.26. The third-order valence-corrected chi connectivity index (χ3v) is 3.72. The molecule has 0 aliphatic carbocycles. The first kappa shape index (κ1) is 15.4. The van der Waals surface area contributed by atoms with Crippen molar-refractivity contribution in [2.75, 3.05) is 0 Å². The number of hydrogen-bond donors (Lipinski definition) is 1. The summed E-state index contributed by atoms with van der Waals surface area (Å²) in [6.45, 7) is 7.35. The second-order valence-electron chi connectivity index (χ2n) is 5.68. The number of carbonyl (C=O) groups is 1. The van der Waals surface area contributed by atoms with E-state index >= 15 is 0 Å². The minimum Gasteiger partial charge on any atom is -0.444 e. The van der Waals surface area contributed by atoms with Gasteiger partial charge in [0.05, 0.1) is 6.04 Å². The minimum absolute atomic E-state index is 0.241. The number of amides is 1. The molecule has 6 heteroatoms. The number of nitrogens with one attached hydrogen (secondary N) is 1. The highest BCUT2D eigenvalue weighted by atomic mass is 32.1. The molecule has 21 heavy (non-hydrogen) atoms. The maximum Gasteiger partial charge on any atom is 0.408 e. The Morgan fingerprint density at radius 3 is 2.52 bits per heavy atom. The zero-order valence-electron chi connectivity index (χ0n) is 12.6. The average Bonchev–Trinajstić information content (AvgIpc) is 2.87. The molecule has 2 aromatic rings. The lowest BCUT2D eigenvalue weighted by Crippen LogP contribution is -2.34. The van der Waals surface area contributed by atoms with Gasteiger partial charge < -0.3 is 10.1 Å². The molecule has 0 spiro atoms. The van der Waals surface area contributed by atoms with Gasteiger partial charge in [-0.05, 0) is 27.7 Å². The number of hydrogen-bond acceptors (Lipinski definition) is 5. The Balaban J connectivity index is 2.03. The molecule has 1 unspecified atom stereocenters. The SMILES string of the molecule is CC(NC(=O)OC(C)(C)C)c1nnc(-c2ccccc2)s1. The van der Waals surface area contributed by atoms with Crippen LogP contribution in [0.1, 0.15) is 38.7 Å². The fourth-order valence-corrected chi connectivity index (χ4v) is 2.50. The summed E-state index contributed by atoms with van der Waals surface area (Å²) in [5, 5.41) is 12.7. The van der Waals surface area contributed by atoms with Crippen molar-refractivity contribution < 1.29 is 9.53 Å². The van der Waals surface area contributed by atoms with Gasteiger partial charge in [-0.3, -0.25) is 0 Å². The van der Waals surface area contributed by atoms with Gasteiger partial charge in [-0.2, -0.15) is 0 Å². The number of rotatable bonds is 3. The Hall–Kier alpha value is -1.95. The first-order valence-corrected chi connectivity index (χ1v) is 7.55. The first-order valence-electron chi connectivity index (χ1n) is 6.73. The van der Waals surface area contributed by atoms with Crippen LogP contribution in [-0.2, 0) is 4.74 Å². The Bertz CT molecular complexity index is 605. The molecular weight excluding hydrogens is 286 g/mol. The predicted octanol–water partition coefficient (Wildman–Crippen LogP) is 3.79. The van der Waals surface area contributed by atoms with E-state index in [-0.39, 0.29) is 6.04 Å². The molecule has 0 saturated heterocycles. The van der Waals surface area contributed by atoms with Crippen LogP contribution in [0.4, 0.5) is 4.79 Å². The van der Waals surface area contributed by atoms with Crippen LogP contribution in [0, 0.1) is 0 Å². The molecule has 0 aliphatic rings. The number of alkyl carbamates (subject to hydrolysis) is 1. The van der Waals surface area contributed by atoms with Crippen molar-refractivity contribution in [3.8, 4) is 10.6 Å². The van der Waals surface area contributed by atoms with Crippen LogP contribution in [0.5, 0.6) is 0 Å². The van der Waals surface area contributed by atoms with Gasteiger partial charge in [0.1, 0.15) is 15.6 Å². The molecule has 0 saturated carbocycles. The Morgan fingerprint density at radius 2 is 1.90 bits per heavy atom. The van der Waals surface area contributed by atoms with Gasteiger partial charge in [0.25, 0.3) is 0 Å². The Kier molecular flexibility index (Phi) is 4.57. The fraction of sp³-hybridized carbons (Fsp3) is 0.400. The molecule has 1 N–H and O–H groups in total. The largest absolute Gasteiger partial charge is 0.444 e. The molecule has 1 heterocycles. The van der Waals surface area contributed by atoms with Crippen molar-refractivity contribution in [1.29, 1.82) is 0 Å². The summed E-state index contributed by atoms with van der Waals surface area (Å²) in [5.41, 5.74) is 0.505. The van der Waals surface area contributed by atoms with Crippen LogP contribution in [0.2, 0.25) is 0 Å². The van der Waals surface area contributed by atoms with Crippen LogP contribution < -0.4 is 5.32 Å². The molecule has 0 aliphatic heterocycles. The Morgan fingerprint density at radius 1 is 1.24 bits per heavy atom. The maximum absolute atomic E-state index is 11.7. The van der Waals surface area contributed by atoms with Crippen LogP contribution in [0.15, 0.2) is 30.3 Å². The zero-order chi connectivity index (χ0) is 15.5. The van der Waals surface area contributed by atoms with Gasteiger partial charge in [0.15, 0.2) is 0 Å². The van der Waals surface area contributed by atoms with Crippen molar-refractivity contribution in [1.82, 2.24) is 15.5 Å². The number of benzene rings is 1. The molecule has 1 atom stereocenters. The summed E-state index contributed by atoms with van der Waals surface area (Å²) < 4.78 is 5.23. The monoisotopic (exact) mass is 305 g/mol. The van der Waals surface area contributed by atoms with E-state index in [0.717, 1.165) is 15.6 Å². The average molecular weight is 305 g/mol. The summed E-state index contributed by atoms with van der Waals surface area (Å²) in [4.78, 5) is 11.7. The van der Waals surface area contributed by atoms with Crippen LogP contribution >= 0.6 is 11.3 Å². The smallest absolute Gasteiger partial charge is 0.408 e. The maximum atomic E-state index is 11.7. The first-order chi connectivity index (χ1) is 9.85. The van der Waals surface area contributed by atoms with Gasteiger partial charge in [-0.1, -0.05) is 41.7 Å². The molecule has 5 nitrogen and oxygen atoms in total. The third-order valence-electron chi connectivity index (χ3n) is 2.57. The van der Waals surface area contributed by atoms with E-state index in [2.05, 4.69) is 15.5 Å². The van der Waals surface area contributed by atoms with Crippen molar-refractivity contribution in [2.45, 2.75) is 39.3 Å². The normalized spacial score (nSPS) is 12.8. The van der Waals surface area contributed by atoms with Crippen molar-refractivity contribution in [3.05, 3.63) is 35.3 Å². The molecule has 0 bridgehead atoms. The number of nitrogens with zero attached hydrogens (tertiary/aromatic N) is 2. The van der Waals surface area contributed by atoms with Gasteiger partial charge in [0, 0.05) is 5.56 Å². The highest BCUT2D eigenvalue weighted by molar-refractivity contribution is 7.14. The van der Waals surface area contributed by atoms with Gasteiger partial charge >= 0.3 is 6.09 Å². The summed E-state index contributed by atoms with van der Waals surface area (Å²) in [6.07, 6.45) is -0.452. The van der Waals surface area contributed by atoms with E-state index in [4.69, 9.17) is 4.74 Å². The predicted molar refractivity (Wildman–Crippen MR) is 83.1 cm³/mol. The lowest BCUT2D eigenvalue weighted by atomic mass is 10.2. The van der Waals surface area contributed by atoms with Crippen LogP contribution in [-0.4, -0.2) is 21.9 Å². The number of carbonyl (C=O) groups excluding carboxylic acids is 1. The molecule has 2 rings (SSSR count).